The minimum atomic E-state index is -4.93. The molecule has 1 aromatic heterocycles. The van der Waals surface area contributed by atoms with Gasteiger partial charge in [-0.1, -0.05) is 17.8 Å². The molecule has 0 bridgehead atoms. The van der Waals surface area contributed by atoms with Gasteiger partial charge in [-0.25, -0.2) is 4.98 Å². The Hall–Kier alpha value is -2.87. The van der Waals surface area contributed by atoms with Gasteiger partial charge in [0.1, 0.15) is 17.3 Å². The highest BCUT2D eigenvalue weighted by molar-refractivity contribution is 7.98. The van der Waals surface area contributed by atoms with E-state index in [0.717, 1.165) is 23.9 Å². The number of halogens is 3. The monoisotopic (exact) mass is 356 g/mol. The van der Waals surface area contributed by atoms with Crippen molar-refractivity contribution in [3.05, 3.63) is 49.8 Å². The number of nitro groups is 1. The van der Waals surface area contributed by atoms with E-state index in [1.165, 1.54) is 12.3 Å². The summed E-state index contributed by atoms with van der Waals surface area (Å²) in [6, 6.07) is 3.81. The van der Waals surface area contributed by atoms with Gasteiger partial charge in [-0.15, -0.1) is 0 Å². The van der Waals surface area contributed by atoms with Gasteiger partial charge < -0.3 is 4.98 Å². The SMILES string of the molecule is CSc1nc(-c2c([N+](=O)[O-])cccc2C(F)(F)F)c(C#N)c(=O)[nH]1. The standard InChI is InChI=1S/C13H7F3N4O3S/c1-24-12-18-10(6(5-17)11(21)19-12)9-7(13(14,15)16)3-2-4-8(9)20(22)23/h2-4H,1H3,(H,18,19,21). The van der Waals surface area contributed by atoms with E-state index < -0.39 is 44.7 Å². The van der Waals surface area contributed by atoms with Gasteiger partial charge in [-0.3, -0.25) is 14.9 Å². The van der Waals surface area contributed by atoms with Crippen LogP contribution < -0.4 is 5.56 Å². The van der Waals surface area contributed by atoms with Gasteiger partial charge in [0, 0.05) is 6.07 Å². The lowest BCUT2D eigenvalue weighted by atomic mass is 9.99. The molecular formula is C13H7F3N4O3S. The van der Waals surface area contributed by atoms with Crippen molar-refractivity contribution in [2.75, 3.05) is 6.26 Å². The molecule has 0 amide bonds. The van der Waals surface area contributed by atoms with Crippen molar-refractivity contribution in [2.45, 2.75) is 11.3 Å². The maximum absolute atomic E-state index is 13.3. The van der Waals surface area contributed by atoms with Crippen LogP contribution >= 0.6 is 11.8 Å². The third-order valence-electron chi connectivity index (χ3n) is 2.98. The largest absolute Gasteiger partial charge is 0.417 e. The molecule has 0 atom stereocenters. The molecule has 0 aliphatic heterocycles. The summed E-state index contributed by atoms with van der Waals surface area (Å²) >= 11 is 0.911. The number of benzene rings is 1. The Morgan fingerprint density at radius 3 is 2.58 bits per heavy atom. The van der Waals surface area contributed by atoms with Crippen LogP contribution in [-0.4, -0.2) is 21.1 Å². The highest BCUT2D eigenvalue weighted by atomic mass is 32.2. The summed E-state index contributed by atoms with van der Waals surface area (Å²) in [5.74, 6) is 0. The fourth-order valence-electron chi connectivity index (χ4n) is 2.01. The maximum Gasteiger partial charge on any atom is 0.417 e. The predicted octanol–water partition coefficient (Wildman–Crippen LogP) is 2.96. The molecule has 2 aromatic rings. The zero-order chi connectivity index (χ0) is 18.1. The molecule has 7 nitrogen and oxygen atoms in total. The molecule has 0 spiro atoms. The fraction of sp³-hybridized carbons (Fsp3) is 0.154. The number of nitrogens with zero attached hydrogens (tertiary/aromatic N) is 3. The van der Waals surface area contributed by atoms with E-state index in [2.05, 4.69) is 9.97 Å². The van der Waals surface area contributed by atoms with E-state index in [4.69, 9.17) is 5.26 Å². The molecule has 0 saturated carbocycles. The number of hydrogen-bond acceptors (Lipinski definition) is 6. The lowest BCUT2D eigenvalue weighted by Crippen LogP contribution is -2.17. The molecule has 1 N–H and O–H groups in total. The number of nitrogens with one attached hydrogen (secondary N) is 1. The second-order valence-electron chi connectivity index (χ2n) is 4.37. The van der Waals surface area contributed by atoms with Gasteiger partial charge in [0.25, 0.3) is 11.2 Å². The first-order valence-corrected chi connectivity index (χ1v) is 7.36. The van der Waals surface area contributed by atoms with Crippen LogP contribution in [0.4, 0.5) is 18.9 Å². The number of nitriles is 1. The van der Waals surface area contributed by atoms with E-state index in [-0.39, 0.29) is 5.16 Å². The van der Waals surface area contributed by atoms with Crippen LogP contribution in [0.5, 0.6) is 0 Å². The van der Waals surface area contributed by atoms with Crippen molar-refractivity contribution in [1.29, 1.82) is 5.26 Å². The Balaban J connectivity index is 3.02. The lowest BCUT2D eigenvalue weighted by molar-refractivity contribution is -0.384. The summed E-state index contributed by atoms with van der Waals surface area (Å²) in [6.07, 6.45) is -3.43. The molecule has 1 aromatic carbocycles. The minimum Gasteiger partial charge on any atom is -0.300 e. The Labute approximate surface area is 136 Å². The molecule has 0 aliphatic rings. The minimum absolute atomic E-state index is 0.0692. The zero-order valence-corrected chi connectivity index (χ0v) is 12.7. The van der Waals surface area contributed by atoms with E-state index >= 15 is 0 Å². The molecule has 2 rings (SSSR count). The Bertz CT molecular complexity index is 918. The third-order valence-corrected chi connectivity index (χ3v) is 3.56. The molecule has 1 heterocycles. The second kappa shape index (κ2) is 6.32. The van der Waals surface area contributed by atoms with Crippen LogP contribution in [0.15, 0.2) is 28.2 Å². The summed E-state index contributed by atoms with van der Waals surface area (Å²) in [4.78, 5) is 28.0. The highest BCUT2D eigenvalue weighted by Crippen LogP contribution is 2.41. The van der Waals surface area contributed by atoms with Gasteiger partial charge in [0.15, 0.2) is 5.16 Å². The number of thioether (sulfide) groups is 1. The maximum atomic E-state index is 13.3. The number of hydrogen-bond donors (Lipinski definition) is 1. The molecule has 0 fully saturated rings. The molecule has 0 aliphatic carbocycles. The van der Waals surface area contributed by atoms with Crippen molar-refractivity contribution in [3.8, 4) is 17.3 Å². The lowest BCUT2D eigenvalue weighted by Gasteiger charge is -2.13. The van der Waals surface area contributed by atoms with Gasteiger partial charge in [0.05, 0.1) is 16.1 Å². The summed E-state index contributed by atoms with van der Waals surface area (Å²) in [5, 5.41) is 20.2. The molecule has 0 radical (unpaired) electrons. The van der Waals surface area contributed by atoms with E-state index in [0.29, 0.717) is 6.07 Å². The molecule has 24 heavy (non-hydrogen) atoms. The number of rotatable bonds is 3. The average molecular weight is 356 g/mol. The molecule has 0 unspecified atom stereocenters. The number of aromatic nitrogens is 2. The number of alkyl halides is 3. The van der Waals surface area contributed by atoms with Gasteiger partial charge in [-0.2, -0.15) is 18.4 Å². The van der Waals surface area contributed by atoms with Crippen LogP contribution in [0.3, 0.4) is 0 Å². The first-order chi connectivity index (χ1) is 11.2. The van der Waals surface area contributed by atoms with Gasteiger partial charge in [-0.05, 0) is 12.3 Å². The van der Waals surface area contributed by atoms with Crippen LogP contribution in [0.25, 0.3) is 11.3 Å². The Morgan fingerprint density at radius 2 is 2.08 bits per heavy atom. The smallest absolute Gasteiger partial charge is 0.300 e. The Morgan fingerprint density at radius 1 is 1.42 bits per heavy atom. The van der Waals surface area contributed by atoms with Crippen molar-refractivity contribution in [2.24, 2.45) is 0 Å². The zero-order valence-electron chi connectivity index (χ0n) is 11.8. The fourth-order valence-corrected chi connectivity index (χ4v) is 2.39. The number of H-pyrrole nitrogens is 1. The molecule has 11 heteroatoms. The molecule has 0 saturated heterocycles. The van der Waals surface area contributed by atoms with Crippen molar-refractivity contribution < 1.29 is 18.1 Å². The summed E-state index contributed by atoms with van der Waals surface area (Å²) in [7, 11) is 0. The van der Waals surface area contributed by atoms with Gasteiger partial charge >= 0.3 is 6.18 Å². The third kappa shape index (κ3) is 3.09. The first kappa shape index (κ1) is 17.5. The summed E-state index contributed by atoms with van der Waals surface area (Å²) < 4.78 is 39.8. The van der Waals surface area contributed by atoms with Crippen LogP contribution in [0.2, 0.25) is 0 Å². The Kier molecular flexibility index (Phi) is 4.61. The van der Waals surface area contributed by atoms with Crippen LogP contribution in [-0.2, 0) is 6.18 Å². The molecular weight excluding hydrogens is 349 g/mol. The van der Waals surface area contributed by atoms with Crippen molar-refractivity contribution in [3.63, 3.8) is 0 Å². The van der Waals surface area contributed by atoms with E-state index in [1.54, 1.807) is 0 Å². The summed E-state index contributed by atoms with van der Waals surface area (Å²) in [6.45, 7) is 0. The van der Waals surface area contributed by atoms with Crippen LogP contribution in [0.1, 0.15) is 11.1 Å². The summed E-state index contributed by atoms with van der Waals surface area (Å²) in [5.41, 5.74) is -5.53. The second-order valence-corrected chi connectivity index (χ2v) is 5.16. The first-order valence-electron chi connectivity index (χ1n) is 6.14. The topological polar surface area (TPSA) is 113 Å². The molecule has 124 valence electrons. The van der Waals surface area contributed by atoms with Crippen LogP contribution in [0, 0.1) is 21.4 Å². The van der Waals surface area contributed by atoms with Gasteiger partial charge in [0.2, 0.25) is 0 Å². The normalized spacial score (nSPS) is 11.1. The van der Waals surface area contributed by atoms with E-state index in [1.807, 2.05) is 0 Å². The number of nitro benzene ring substituents is 1. The highest BCUT2D eigenvalue weighted by Gasteiger charge is 2.38. The van der Waals surface area contributed by atoms with E-state index in [9.17, 15) is 28.1 Å². The average Bonchev–Trinajstić information content (AvgIpc) is 2.52. The number of aromatic amines is 1. The van der Waals surface area contributed by atoms with Crippen molar-refractivity contribution in [1.82, 2.24) is 9.97 Å². The van der Waals surface area contributed by atoms with Crippen molar-refractivity contribution >= 4 is 17.4 Å². The quantitative estimate of drug-likeness (QED) is 0.391. The predicted molar refractivity (Wildman–Crippen MR) is 78.4 cm³/mol.